The molecule has 4 amide bonds. The Labute approximate surface area is 441 Å². The van der Waals surface area contributed by atoms with Gasteiger partial charge in [-0.15, -0.1) is 0 Å². The number of benzene rings is 3. The quantitative estimate of drug-likeness (QED) is 0.0630. The van der Waals surface area contributed by atoms with Crippen molar-refractivity contribution in [1.29, 1.82) is 0 Å². The van der Waals surface area contributed by atoms with Gasteiger partial charge in [-0.1, -0.05) is 24.6 Å². The van der Waals surface area contributed by atoms with Gasteiger partial charge in [-0.3, -0.25) is 24.8 Å². The van der Waals surface area contributed by atoms with E-state index in [1.807, 2.05) is 16.7 Å². The topological polar surface area (TPSA) is 172 Å². The first-order chi connectivity index (χ1) is 36.2. The number of methoxy groups -OCH3 is 1. The number of piperidine rings is 3. The number of hydrogen-bond donors (Lipinski definition) is 2. The van der Waals surface area contributed by atoms with Crippen molar-refractivity contribution in [2.45, 2.75) is 90.1 Å². The summed E-state index contributed by atoms with van der Waals surface area (Å²) in [5, 5.41) is 15.4. The van der Waals surface area contributed by atoms with Crippen molar-refractivity contribution in [2.75, 3.05) is 95.9 Å². The fourth-order valence-electron chi connectivity index (χ4n) is 11.4. The molecule has 1 aliphatic carbocycles. The molecule has 19 heteroatoms. The fraction of sp³-hybridized carbons (Fsp3) is 0.536. The van der Waals surface area contributed by atoms with Crippen LogP contribution in [-0.2, 0) is 20.7 Å². The van der Waals surface area contributed by atoms with Gasteiger partial charge in [0.2, 0.25) is 5.91 Å². The van der Waals surface area contributed by atoms with Crippen LogP contribution in [-0.4, -0.2) is 139 Å². The second-order valence-electron chi connectivity index (χ2n) is 21.6. The third kappa shape index (κ3) is 11.8. The standard InChI is InChI=1S/C56H67ClF2N8O8/c1-4-40-44(58)9-7-37-26-39(75-34-72-3)28-41(47(37)40)49-48(59)50-42(29-60-49)51(66-19-5-16-55(2,71)31-66)63-53(62-50)74-33-56(17-18-56)32-64-20-10-35(11-21-64)15-25-73-30-36-12-22-65(23-13-36)52(69)38-6-8-43(57)45(27-38)67-24-14-46(68)61-54(67)70/h6-9,26-29,35-36,71H,4-5,10-25,30-34H2,1-3H3,(H,61,68,70)/t55-/m1/s1. The molecule has 4 saturated heterocycles. The van der Waals surface area contributed by atoms with Crippen molar-refractivity contribution in [3.05, 3.63) is 76.4 Å². The maximum Gasteiger partial charge on any atom is 0.328 e. The second-order valence-corrected chi connectivity index (χ2v) is 22.0. The molecule has 0 spiro atoms. The Morgan fingerprint density at radius 2 is 1.73 bits per heavy atom. The number of nitrogens with zero attached hydrogens (tertiary/aromatic N) is 7. The van der Waals surface area contributed by atoms with E-state index >= 15 is 8.78 Å². The van der Waals surface area contributed by atoms with Gasteiger partial charge < -0.3 is 38.8 Å². The molecule has 4 aliphatic heterocycles. The number of imide groups is 1. The largest absolute Gasteiger partial charge is 0.468 e. The van der Waals surface area contributed by atoms with Crippen LogP contribution in [0.15, 0.2) is 48.7 Å². The molecule has 5 fully saturated rings. The number of aromatic nitrogens is 3. The lowest BCUT2D eigenvalue weighted by Crippen LogP contribution is -2.49. The number of likely N-dealkylation sites (tertiary alicyclic amines) is 2. The molecule has 1 saturated carbocycles. The van der Waals surface area contributed by atoms with E-state index in [4.69, 9.17) is 40.5 Å². The lowest BCUT2D eigenvalue weighted by Gasteiger charge is -2.38. The van der Waals surface area contributed by atoms with Gasteiger partial charge >= 0.3 is 12.0 Å². The summed E-state index contributed by atoms with van der Waals surface area (Å²) >= 11 is 6.42. The molecular formula is C56H67ClF2N8O8. The maximum absolute atomic E-state index is 17.4. The average molecular weight is 1050 g/mol. The SMILES string of the molecule is CCc1c(F)ccc2cc(OCOC)cc(-c3ncc4c(N5CCC[C@@](C)(O)C5)nc(OCC5(CN6CCC(CCOCC7CCN(C(=O)c8ccc(Cl)c(N9CCC(=O)NC9=O)c8)CC7)CC6)CC5)nc4c3F)c12. The Morgan fingerprint density at radius 1 is 0.947 bits per heavy atom. The van der Waals surface area contributed by atoms with E-state index in [0.717, 1.165) is 71.0 Å². The molecule has 2 aromatic heterocycles. The number of aliphatic hydroxyl groups is 1. The number of pyridine rings is 1. The van der Waals surface area contributed by atoms with Crippen LogP contribution in [0.2, 0.25) is 5.02 Å². The Kier molecular flexibility index (Phi) is 15.7. The number of amides is 4. The van der Waals surface area contributed by atoms with Crippen LogP contribution in [0.5, 0.6) is 11.8 Å². The molecule has 10 rings (SSSR count). The van der Waals surface area contributed by atoms with Gasteiger partial charge in [-0.05, 0) is 149 Å². The molecule has 0 bridgehead atoms. The highest BCUT2D eigenvalue weighted by molar-refractivity contribution is 6.34. The molecule has 2 N–H and O–H groups in total. The minimum absolute atomic E-state index is 0.00255. The minimum Gasteiger partial charge on any atom is -0.468 e. The van der Waals surface area contributed by atoms with Gasteiger partial charge in [0.15, 0.2) is 12.6 Å². The summed E-state index contributed by atoms with van der Waals surface area (Å²) in [6, 6.07) is 11.0. The number of urea groups is 1. The Hall–Kier alpha value is -5.79. The molecule has 0 unspecified atom stereocenters. The first-order valence-electron chi connectivity index (χ1n) is 26.5. The van der Waals surface area contributed by atoms with Crippen molar-refractivity contribution < 1.29 is 47.2 Å². The number of aryl methyl sites for hydroxylation is 1. The third-order valence-corrected chi connectivity index (χ3v) is 16.2. The van der Waals surface area contributed by atoms with Crippen LogP contribution >= 0.6 is 11.6 Å². The number of hydrogen-bond acceptors (Lipinski definition) is 13. The van der Waals surface area contributed by atoms with Gasteiger partial charge in [0.05, 0.1) is 28.3 Å². The molecule has 3 aromatic carbocycles. The second kappa shape index (κ2) is 22.4. The number of rotatable bonds is 18. The number of fused-ring (bicyclic) bond motifs is 2. The first-order valence-corrected chi connectivity index (χ1v) is 26.9. The molecule has 0 radical (unpaired) electrons. The number of halogens is 3. The van der Waals surface area contributed by atoms with Crippen molar-refractivity contribution in [3.8, 4) is 23.0 Å². The number of anilines is 2. The van der Waals surface area contributed by atoms with Gasteiger partial charge in [0.25, 0.3) is 5.91 Å². The van der Waals surface area contributed by atoms with Crippen LogP contribution in [0.1, 0.15) is 94.0 Å². The number of β-amino-alcohol motifs (C(OH)–C–C–N with tert-alkyl or cyclic N) is 1. The van der Waals surface area contributed by atoms with E-state index in [1.165, 1.54) is 18.1 Å². The predicted molar refractivity (Wildman–Crippen MR) is 281 cm³/mol. The highest BCUT2D eigenvalue weighted by atomic mass is 35.5. The van der Waals surface area contributed by atoms with Gasteiger partial charge in [0, 0.05) is 88.8 Å². The minimum atomic E-state index is -0.970. The molecular weight excluding hydrogens is 986 g/mol. The summed E-state index contributed by atoms with van der Waals surface area (Å²) in [6.45, 7) is 10.6. The fourth-order valence-corrected chi connectivity index (χ4v) is 11.6. The molecule has 5 aliphatic rings. The molecule has 75 heavy (non-hydrogen) atoms. The summed E-state index contributed by atoms with van der Waals surface area (Å²) in [7, 11) is 1.51. The lowest BCUT2D eigenvalue weighted by atomic mass is 9.93. The lowest BCUT2D eigenvalue weighted by molar-refractivity contribution is -0.120. The summed E-state index contributed by atoms with van der Waals surface area (Å²) in [5.41, 5.74) is 0.666. The number of ether oxygens (including phenoxy) is 4. The summed E-state index contributed by atoms with van der Waals surface area (Å²) in [6.07, 6.45) is 10.3. The highest BCUT2D eigenvalue weighted by Crippen LogP contribution is 2.47. The monoisotopic (exact) mass is 1050 g/mol. The number of carbonyl (C=O) groups is 3. The van der Waals surface area contributed by atoms with Crippen molar-refractivity contribution in [3.63, 3.8) is 0 Å². The number of carbonyl (C=O) groups excluding carboxylic acids is 3. The van der Waals surface area contributed by atoms with Crippen LogP contribution in [0.4, 0.5) is 25.1 Å². The summed E-state index contributed by atoms with van der Waals surface area (Å²) in [4.78, 5) is 59.7. The zero-order chi connectivity index (χ0) is 52.4. The molecule has 400 valence electrons. The van der Waals surface area contributed by atoms with Gasteiger partial charge in [0.1, 0.15) is 28.6 Å². The van der Waals surface area contributed by atoms with Crippen molar-refractivity contribution in [1.82, 2.24) is 30.1 Å². The van der Waals surface area contributed by atoms with Crippen LogP contribution in [0, 0.1) is 28.9 Å². The molecule has 16 nitrogen and oxygen atoms in total. The summed E-state index contributed by atoms with van der Waals surface area (Å²) < 4.78 is 56.5. The zero-order valence-electron chi connectivity index (χ0n) is 43.1. The van der Waals surface area contributed by atoms with E-state index < -0.39 is 17.4 Å². The Bertz CT molecular complexity index is 2940. The maximum atomic E-state index is 17.4. The highest BCUT2D eigenvalue weighted by Gasteiger charge is 2.45. The summed E-state index contributed by atoms with van der Waals surface area (Å²) in [5.74, 6) is 0.291. The van der Waals surface area contributed by atoms with Crippen molar-refractivity contribution in [2.24, 2.45) is 17.3 Å². The van der Waals surface area contributed by atoms with E-state index in [0.29, 0.717) is 126 Å². The van der Waals surface area contributed by atoms with Gasteiger partial charge in [-0.25, -0.2) is 13.6 Å². The zero-order valence-corrected chi connectivity index (χ0v) is 43.9. The van der Waals surface area contributed by atoms with E-state index in [-0.39, 0.29) is 60.0 Å². The van der Waals surface area contributed by atoms with Gasteiger partial charge in [-0.2, -0.15) is 9.97 Å². The molecule has 5 aromatic rings. The third-order valence-electron chi connectivity index (χ3n) is 15.9. The van der Waals surface area contributed by atoms with E-state index in [9.17, 15) is 19.5 Å². The molecule has 1 atom stereocenters. The van der Waals surface area contributed by atoms with E-state index in [2.05, 4.69) is 15.2 Å². The van der Waals surface area contributed by atoms with Crippen LogP contribution in [0.3, 0.4) is 0 Å². The Balaban J connectivity index is 0.736. The molecule has 6 heterocycles. The first kappa shape index (κ1) is 52.6. The smallest absolute Gasteiger partial charge is 0.328 e. The Morgan fingerprint density at radius 3 is 2.47 bits per heavy atom. The van der Waals surface area contributed by atoms with Crippen LogP contribution < -0.4 is 24.6 Å². The van der Waals surface area contributed by atoms with Crippen molar-refractivity contribution >= 4 is 62.6 Å². The average Bonchev–Trinajstić information content (AvgIpc) is 4.19. The predicted octanol–water partition coefficient (Wildman–Crippen LogP) is 8.95. The van der Waals surface area contributed by atoms with Crippen LogP contribution in [0.25, 0.3) is 32.9 Å². The van der Waals surface area contributed by atoms with E-state index in [1.54, 1.807) is 49.5 Å². The normalized spacial score (nSPS) is 20.8. The number of nitrogens with one attached hydrogen (secondary N) is 1.